The normalized spacial score (nSPS) is 11.2. The third kappa shape index (κ3) is 10.9. The van der Waals surface area contributed by atoms with Crippen molar-refractivity contribution in [3.63, 3.8) is 0 Å². The molecule has 6 nitrogen and oxygen atoms in total. The van der Waals surface area contributed by atoms with E-state index in [0.717, 1.165) is 40.2 Å². The number of amides is 2. The van der Waals surface area contributed by atoms with E-state index in [1.54, 1.807) is 42.6 Å². The lowest BCUT2D eigenvalue weighted by atomic mass is 9.97. The van der Waals surface area contributed by atoms with Gasteiger partial charge in [0.25, 0.3) is 18.2 Å². The maximum absolute atomic E-state index is 13.1. The van der Waals surface area contributed by atoms with Gasteiger partial charge in [0.1, 0.15) is 15.7 Å². The summed E-state index contributed by atoms with van der Waals surface area (Å²) in [5, 5.41) is 6.00. The lowest BCUT2D eigenvalue weighted by Gasteiger charge is -2.12. The Hall–Kier alpha value is -5.90. The Morgan fingerprint density at radius 2 is 1.29 bits per heavy atom. The van der Waals surface area contributed by atoms with Crippen molar-refractivity contribution < 1.29 is 31.5 Å². The van der Waals surface area contributed by atoms with Gasteiger partial charge in [0.2, 0.25) is 0 Å². The molecule has 0 saturated carbocycles. The summed E-state index contributed by atoms with van der Waals surface area (Å²) in [5.74, 6) is 5.39. The van der Waals surface area contributed by atoms with E-state index in [1.165, 1.54) is 19.1 Å². The number of benzene rings is 4. The second-order valence-electron chi connectivity index (χ2n) is 13.2. The van der Waals surface area contributed by atoms with Crippen LogP contribution in [-0.2, 0) is 6.18 Å². The number of hydrogen-bond donors (Lipinski definition) is 2. The average Bonchev–Trinajstić information content (AvgIpc) is 3.57. The highest BCUT2D eigenvalue weighted by Crippen LogP contribution is 2.35. The molecule has 0 aliphatic heterocycles. The molecule has 6 rings (SSSR count). The van der Waals surface area contributed by atoms with Gasteiger partial charge in [0.15, 0.2) is 0 Å². The molecular weight excluding hydrogens is 767 g/mol. The number of anilines is 2. The second kappa shape index (κ2) is 17.7. The SMILES string of the molecule is CC(C)(C)C#Cc1ccc(-c2ccccc2NC(=O)c2cccnc2Cl)cc1.Cc1nc(C(F)F)c(C(=O)Nc2ccccc2-c2ccc(C(F)(F)F)cc2)s1. The van der Waals surface area contributed by atoms with Crippen molar-refractivity contribution in [2.45, 2.75) is 40.3 Å². The monoisotopic (exact) mass is 800 g/mol. The van der Waals surface area contributed by atoms with Crippen LogP contribution in [0.5, 0.6) is 0 Å². The minimum atomic E-state index is -4.46. The van der Waals surface area contributed by atoms with Crippen LogP contribution in [0.25, 0.3) is 22.3 Å². The average molecular weight is 801 g/mol. The summed E-state index contributed by atoms with van der Waals surface area (Å²) in [6.45, 7) is 7.77. The molecule has 2 aromatic heterocycles. The minimum absolute atomic E-state index is 0.0386. The number of hydrogen-bond acceptors (Lipinski definition) is 5. The Labute approximate surface area is 329 Å². The molecule has 4 aromatic carbocycles. The van der Waals surface area contributed by atoms with E-state index in [4.69, 9.17) is 11.6 Å². The van der Waals surface area contributed by atoms with Crippen LogP contribution in [0, 0.1) is 24.2 Å². The number of aromatic nitrogens is 2. The van der Waals surface area contributed by atoms with E-state index in [9.17, 15) is 31.5 Å². The molecule has 0 unspecified atom stereocenters. The van der Waals surface area contributed by atoms with Crippen LogP contribution in [0.15, 0.2) is 115 Å². The van der Waals surface area contributed by atoms with Crippen LogP contribution in [0.3, 0.4) is 0 Å². The first-order valence-electron chi connectivity index (χ1n) is 17.0. The van der Waals surface area contributed by atoms with Crippen LogP contribution >= 0.6 is 22.9 Å². The lowest BCUT2D eigenvalue weighted by molar-refractivity contribution is -0.137. The van der Waals surface area contributed by atoms with Gasteiger partial charge >= 0.3 is 6.18 Å². The van der Waals surface area contributed by atoms with Crippen molar-refractivity contribution in [3.05, 3.63) is 153 Å². The minimum Gasteiger partial charge on any atom is -0.321 e. The Balaban J connectivity index is 0.000000214. The van der Waals surface area contributed by atoms with Crippen molar-refractivity contribution in [1.82, 2.24) is 9.97 Å². The van der Waals surface area contributed by atoms with Crippen molar-refractivity contribution in [1.29, 1.82) is 0 Å². The fourth-order valence-electron chi connectivity index (χ4n) is 5.20. The van der Waals surface area contributed by atoms with E-state index in [-0.39, 0.29) is 21.4 Å². The van der Waals surface area contributed by atoms with Gasteiger partial charge in [-0.05, 0) is 87.4 Å². The summed E-state index contributed by atoms with van der Waals surface area (Å²) in [6.07, 6.45) is -5.80. The molecular formula is C43H34ClF5N4O2S. The standard InChI is InChI=1S/C24H21ClN2O.C19H13F5N2OS/c1-24(2,3)15-14-17-10-12-18(13-11-17)19-7-4-5-9-21(19)27-23(28)20-8-6-16-26-22(20)25;1-10-25-15(17(20)21)16(28-10)18(27)26-14-5-3-2-4-13(14)11-6-8-12(9-7-11)19(22,23)24/h4-13,16H,1-3H3,(H,27,28);2-9,17H,1H3,(H,26,27). The number of nitrogens with one attached hydrogen (secondary N) is 2. The third-order valence-electron chi connectivity index (χ3n) is 7.83. The van der Waals surface area contributed by atoms with Gasteiger partial charge in [-0.25, -0.2) is 18.7 Å². The van der Waals surface area contributed by atoms with Gasteiger partial charge in [-0.1, -0.05) is 84.1 Å². The predicted octanol–water partition coefficient (Wildman–Crippen LogP) is 12.4. The summed E-state index contributed by atoms with van der Waals surface area (Å²) in [7, 11) is 0. The van der Waals surface area contributed by atoms with Crippen LogP contribution < -0.4 is 10.6 Å². The smallest absolute Gasteiger partial charge is 0.321 e. The quantitative estimate of drug-likeness (QED) is 0.0957. The van der Waals surface area contributed by atoms with Gasteiger partial charge in [-0.3, -0.25) is 9.59 Å². The number of carbonyl (C=O) groups is 2. The maximum Gasteiger partial charge on any atom is 0.416 e. The maximum atomic E-state index is 13.1. The molecule has 13 heteroatoms. The number of carbonyl (C=O) groups excluding carboxylic acids is 2. The highest BCUT2D eigenvalue weighted by atomic mass is 35.5. The summed E-state index contributed by atoms with van der Waals surface area (Å²) in [5.41, 5.74) is 3.70. The number of alkyl halides is 5. The van der Waals surface area contributed by atoms with Gasteiger partial charge in [-0.15, -0.1) is 11.3 Å². The number of para-hydroxylation sites is 2. The highest BCUT2D eigenvalue weighted by Gasteiger charge is 2.30. The van der Waals surface area contributed by atoms with E-state index in [0.29, 0.717) is 33.1 Å². The fraction of sp³-hybridized carbons (Fsp3) is 0.163. The van der Waals surface area contributed by atoms with E-state index in [2.05, 4.69) is 53.2 Å². The summed E-state index contributed by atoms with van der Waals surface area (Å²) >= 11 is 6.88. The zero-order valence-corrected chi connectivity index (χ0v) is 32.0. The molecule has 0 spiro atoms. The van der Waals surface area contributed by atoms with Crippen LogP contribution in [0.1, 0.15) is 69.1 Å². The molecule has 0 fully saturated rings. The fourth-order valence-corrected chi connectivity index (χ4v) is 6.22. The summed E-state index contributed by atoms with van der Waals surface area (Å²) < 4.78 is 64.4. The number of nitrogens with zero attached hydrogens (tertiary/aromatic N) is 2. The van der Waals surface area contributed by atoms with Gasteiger partial charge in [0.05, 0.1) is 16.1 Å². The second-order valence-corrected chi connectivity index (χ2v) is 14.8. The van der Waals surface area contributed by atoms with Crippen molar-refractivity contribution in [2.24, 2.45) is 5.41 Å². The summed E-state index contributed by atoms with van der Waals surface area (Å²) in [6, 6.07) is 29.9. The molecule has 0 aliphatic carbocycles. The van der Waals surface area contributed by atoms with Crippen molar-refractivity contribution in [2.75, 3.05) is 10.6 Å². The Morgan fingerprint density at radius 3 is 1.80 bits per heavy atom. The molecule has 0 aliphatic rings. The Morgan fingerprint density at radius 1 is 0.750 bits per heavy atom. The van der Waals surface area contributed by atoms with Crippen molar-refractivity contribution in [3.8, 4) is 34.1 Å². The predicted molar refractivity (Wildman–Crippen MR) is 212 cm³/mol. The third-order valence-corrected chi connectivity index (χ3v) is 9.11. The zero-order valence-electron chi connectivity index (χ0n) is 30.4. The van der Waals surface area contributed by atoms with E-state index < -0.39 is 29.8 Å². The number of thiazole rings is 1. The topological polar surface area (TPSA) is 84.0 Å². The molecule has 56 heavy (non-hydrogen) atoms. The zero-order chi connectivity index (χ0) is 40.6. The van der Waals surface area contributed by atoms with Crippen LogP contribution in [0.2, 0.25) is 5.15 Å². The molecule has 6 aromatic rings. The van der Waals surface area contributed by atoms with E-state index >= 15 is 0 Å². The molecule has 2 heterocycles. The number of halogens is 6. The molecule has 0 atom stereocenters. The molecule has 0 saturated heterocycles. The molecule has 0 bridgehead atoms. The molecule has 286 valence electrons. The van der Waals surface area contributed by atoms with Crippen LogP contribution in [0.4, 0.5) is 33.3 Å². The van der Waals surface area contributed by atoms with Crippen molar-refractivity contribution >= 4 is 46.1 Å². The Kier molecular flexibility index (Phi) is 13.0. The highest BCUT2D eigenvalue weighted by molar-refractivity contribution is 7.13. The number of pyridine rings is 1. The Bertz CT molecular complexity index is 2400. The van der Waals surface area contributed by atoms with Gasteiger partial charge in [-0.2, -0.15) is 13.2 Å². The van der Waals surface area contributed by atoms with Crippen LogP contribution in [-0.4, -0.2) is 21.8 Å². The first kappa shape index (κ1) is 41.3. The van der Waals surface area contributed by atoms with Gasteiger partial charge in [0, 0.05) is 39.7 Å². The molecule has 2 amide bonds. The number of rotatable bonds is 7. The lowest BCUT2D eigenvalue weighted by Crippen LogP contribution is -2.13. The molecule has 2 N–H and O–H groups in total. The first-order valence-corrected chi connectivity index (χ1v) is 18.2. The first-order chi connectivity index (χ1) is 26.5. The largest absolute Gasteiger partial charge is 0.416 e. The number of aryl methyl sites for hydroxylation is 1. The van der Waals surface area contributed by atoms with E-state index in [1.807, 2.05) is 48.5 Å². The summed E-state index contributed by atoms with van der Waals surface area (Å²) in [4.78, 5) is 32.5. The molecule has 0 radical (unpaired) electrons. The van der Waals surface area contributed by atoms with Gasteiger partial charge < -0.3 is 10.6 Å².